The highest BCUT2D eigenvalue weighted by Crippen LogP contribution is 2.52. The Labute approximate surface area is 163 Å². The number of rotatable bonds is 3. The number of hydrogen-bond acceptors (Lipinski definition) is 1. The van der Waals surface area contributed by atoms with E-state index in [1.165, 1.54) is 33.6 Å². The van der Waals surface area contributed by atoms with E-state index < -0.39 is 0 Å². The fourth-order valence-electron chi connectivity index (χ4n) is 4.46. The summed E-state index contributed by atoms with van der Waals surface area (Å²) < 4.78 is 2.18. The molecule has 2 heteroatoms. The van der Waals surface area contributed by atoms with Crippen molar-refractivity contribution in [3.05, 3.63) is 71.5 Å². The van der Waals surface area contributed by atoms with E-state index in [9.17, 15) is 0 Å². The van der Waals surface area contributed by atoms with Gasteiger partial charge in [0.2, 0.25) is 0 Å². The van der Waals surface area contributed by atoms with Gasteiger partial charge in [-0.05, 0) is 35.1 Å². The van der Waals surface area contributed by atoms with Crippen LogP contribution in [0.2, 0.25) is 0 Å². The fraction of sp³-hybridized carbons (Fsp3) is 0.400. The maximum Gasteiger partial charge on any atom is 0.0687 e. The first-order chi connectivity index (χ1) is 12.7. The molecule has 0 unspecified atom stereocenters. The maximum atomic E-state index is 4.84. The largest absolute Gasteiger partial charge is 0.236 e. The zero-order valence-corrected chi connectivity index (χ0v) is 17.4. The summed E-state index contributed by atoms with van der Waals surface area (Å²) in [4.78, 5) is 0. The quantitative estimate of drug-likeness (QED) is 0.537. The zero-order valence-electron chi connectivity index (χ0n) is 17.4. The number of aromatic nitrogens is 2. The summed E-state index contributed by atoms with van der Waals surface area (Å²) in [5, 5.41) is 4.84. The predicted molar refractivity (Wildman–Crippen MR) is 114 cm³/mol. The SMILES string of the molecule is CC(C)Cc1ccc2c(c1)C(C)(C)C(C)(C)c1c(-c3ccccc3)cnn1-2. The van der Waals surface area contributed by atoms with Crippen molar-refractivity contribution < 1.29 is 0 Å². The lowest BCUT2D eigenvalue weighted by Crippen LogP contribution is -2.46. The average molecular weight is 359 g/mol. The molecule has 0 atom stereocenters. The van der Waals surface area contributed by atoms with Gasteiger partial charge in [0, 0.05) is 16.4 Å². The summed E-state index contributed by atoms with van der Waals surface area (Å²) in [6, 6.07) is 17.6. The summed E-state index contributed by atoms with van der Waals surface area (Å²) in [6.45, 7) is 14.1. The van der Waals surface area contributed by atoms with Crippen LogP contribution in [-0.2, 0) is 17.3 Å². The minimum absolute atomic E-state index is 0.00882. The maximum absolute atomic E-state index is 4.84. The Morgan fingerprint density at radius 2 is 1.63 bits per heavy atom. The molecule has 0 fully saturated rings. The van der Waals surface area contributed by atoms with Crippen LogP contribution in [0.1, 0.15) is 58.4 Å². The van der Waals surface area contributed by atoms with E-state index in [4.69, 9.17) is 5.10 Å². The third-order valence-electron chi connectivity index (χ3n) is 6.61. The smallest absolute Gasteiger partial charge is 0.0687 e. The molecule has 0 bridgehead atoms. The van der Waals surface area contributed by atoms with Gasteiger partial charge in [-0.25, -0.2) is 4.68 Å². The van der Waals surface area contributed by atoms with Crippen LogP contribution in [0.25, 0.3) is 16.8 Å². The molecule has 0 N–H and O–H groups in total. The normalized spacial score (nSPS) is 16.9. The Kier molecular flexibility index (Phi) is 4.06. The lowest BCUT2D eigenvalue weighted by atomic mass is 9.59. The first-order valence-electron chi connectivity index (χ1n) is 10.0. The molecule has 0 radical (unpaired) electrons. The lowest BCUT2D eigenvalue weighted by Gasteiger charge is -2.47. The van der Waals surface area contributed by atoms with Gasteiger partial charge >= 0.3 is 0 Å². The second-order valence-electron chi connectivity index (χ2n) is 9.38. The van der Waals surface area contributed by atoms with Crippen LogP contribution in [0.4, 0.5) is 0 Å². The summed E-state index contributed by atoms with van der Waals surface area (Å²) in [7, 11) is 0. The first kappa shape index (κ1) is 18.0. The highest BCUT2D eigenvalue weighted by molar-refractivity contribution is 5.70. The van der Waals surface area contributed by atoms with Gasteiger partial charge in [-0.1, -0.05) is 84.0 Å². The second kappa shape index (κ2) is 6.09. The second-order valence-corrected chi connectivity index (χ2v) is 9.38. The van der Waals surface area contributed by atoms with Crippen molar-refractivity contribution in [2.45, 2.75) is 58.8 Å². The van der Waals surface area contributed by atoms with Crippen molar-refractivity contribution in [1.29, 1.82) is 0 Å². The van der Waals surface area contributed by atoms with Crippen LogP contribution < -0.4 is 0 Å². The molecule has 2 nitrogen and oxygen atoms in total. The van der Waals surface area contributed by atoms with Crippen LogP contribution in [-0.4, -0.2) is 9.78 Å². The van der Waals surface area contributed by atoms with Crippen LogP contribution in [0.15, 0.2) is 54.7 Å². The molecule has 1 aliphatic heterocycles. The van der Waals surface area contributed by atoms with Crippen LogP contribution in [0, 0.1) is 5.92 Å². The molecule has 2 aromatic carbocycles. The van der Waals surface area contributed by atoms with Crippen molar-refractivity contribution in [2.75, 3.05) is 0 Å². The van der Waals surface area contributed by atoms with Crippen molar-refractivity contribution in [3.63, 3.8) is 0 Å². The zero-order chi connectivity index (χ0) is 19.4. The molecule has 1 aromatic heterocycles. The third kappa shape index (κ3) is 2.65. The van der Waals surface area contributed by atoms with Gasteiger partial charge in [0.25, 0.3) is 0 Å². The minimum atomic E-state index is -0.0435. The molecule has 4 rings (SSSR count). The van der Waals surface area contributed by atoms with Crippen molar-refractivity contribution >= 4 is 0 Å². The van der Waals surface area contributed by atoms with Gasteiger partial charge < -0.3 is 0 Å². The summed E-state index contributed by atoms with van der Waals surface area (Å²) >= 11 is 0. The molecular formula is C25H30N2. The molecule has 1 aliphatic rings. The highest BCUT2D eigenvalue weighted by atomic mass is 15.3. The van der Waals surface area contributed by atoms with E-state index in [0.29, 0.717) is 5.92 Å². The van der Waals surface area contributed by atoms with E-state index in [-0.39, 0.29) is 10.8 Å². The van der Waals surface area contributed by atoms with Crippen LogP contribution >= 0.6 is 0 Å². The lowest BCUT2D eigenvalue weighted by molar-refractivity contribution is 0.276. The summed E-state index contributed by atoms with van der Waals surface area (Å²) in [5.41, 5.74) is 7.81. The van der Waals surface area contributed by atoms with Crippen LogP contribution in [0.5, 0.6) is 0 Å². The minimum Gasteiger partial charge on any atom is -0.236 e. The Hall–Kier alpha value is -2.35. The Bertz CT molecular complexity index is 975. The number of fused-ring (bicyclic) bond motifs is 3. The van der Waals surface area contributed by atoms with E-state index in [1.54, 1.807) is 0 Å². The topological polar surface area (TPSA) is 17.8 Å². The monoisotopic (exact) mass is 358 g/mol. The molecule has 0 saturated carbocycles. The molecule has 0 spiro atoms. The Morgan fingerprint density at radius 3 is 2.30 bits per heavy atom. The van der Waals surface area contributed by atoms with Gasteiger partial charge in [0.05, 0.1) is 17.6 Å². The highest BCUT2D eigenvalue weighted by Gasteiger charge is 2.48. The molecule has 2 heterocycles. The van der Waals surface area contributed by atoms with E-state index in [1.807, 2.05) is 6.20 Å². The van der Waals surface area contributed by atoms with E-state index >= 15 is 0 Å². The van der Waals surface area contributed by atoms with E-state index in [0.717, 1.165) is 6.42 Å². The van der Waals surface area contributed by atoms with Gasteiger partial charge in [0.15, 0.2) is 0 Å². The molecule has 27 heavy (non-hydrogen) atoms. The molecule has 0 aliphatic carbocycles. The fourth-order valence-corrected chi connectivity index (χ4v) is 4.46. The average Bonchev–Trinajstić information content (AvgIpc) is 3.07. The summed E-state index contributed by atoms with van der Waals surface area (Å²) in [6.07, 6.45) is 3.16. The molecule has 3 aromatic rings. The van der Waals surface area contributed by atoms with Crippen molar-refractivity contribution in [1.82, 2.24) is 9.78 Å². The summed E-state index contributed by atoms with van der Waals surface area (Å²) in [5.74, 6) is 0.660. The molecule has 140 valence electrons. The van der Waals surface area contributed by atoms with E-state index in [2.05, 4.69) is 94.8 Å². The molecule has 0 saturated heterocycles. The molecule has 0 amide bonds. The standard InChI is InChI=1S/C25H30N2/c1-17(2)14-18-12-13-22-21(15-18)24(3,4)25(5,6)23-20(16-26-27(22)23)19-10-8-7-9-11-19/h7-13,15-17H,14H2,1-6H3. The van der Waals surface area contributed by atoms with Crippen LogP contribution in [0.3, 0.4) is 0 Å². The Balaban J connectivity index is 1.96. The van der Waals surface area contributed by atoms with Gasteiger partial charge in [-0.15, -0.1) is 0 Å². The first-order valence-corrected chi connectivity index (χ1v) is 10.0. The third-order valence-corrected chi connectivity index (χ3v) is 6.61. The number of hydrogen-bond donors (Lipinski definition) is 0. The van der Waals surface area contributed by atoms with Crippen molar-refractivity contribution in [3.8, 4) is 16.8 Å². The molecular weight excluding hydrogens is 328 g/mol. The van der Waals surface area contributed by atoms with Gasteiger partial charge in [-0.2, -0.15) is 5.10 Å². The van der Waals surface area contributed by atoms with Gasteiger partial charge in [0.1, 0.15) is 0 Å². The van der Waals surface area contributed by atoms with Gasteiger partial charge in [-0.3, -0.25) is 0 Å². The number of benzene rings is 2. The number of nitrogens with zero attached hydrogens (tertiary/aromatic N) is 2. The van der Waals surface area contributed by atoms with Crippen molar-refractivity contribution in [2.24, 2.45) is 5.92 Å². The predicted octanol–water partition coefficient (Wildman–Crippen LogP) is 6.31. The Morgan fingerprint density at radius 1 is 0.926 bits per heavy atom.